The Labute approximate surface area is 115 Å². The highest BCUT2D eigenvalue weighted by atomic mass is 16.2. The predicted octanol–water partition coefficient (Wildman–Crippen LogP) is 1.89. The van der Waals surface area contributed by atoms with E-state index in [1.54, 1.807) is 48.5 Å². The fourth-order valence-corrected chi connectivity index (χ4v) is 2.23. The summed E-state index contributed by atoms with van der Waals surface area (Å²) in [4.78, 5) is 25.4. The third-order valence-corrected chi connectivity index (χ3v) is 3.23. The molecule has 2 aromatic rings. The number of hydrogen-bond donors (Lipinski definition) is 2. The molecule has 2 aromatic carbocycles. The molecular weight excluding hydrogens is 254 g/mol. The van der Waals surface area contributed by atoms with Gasteiger partial charge >= 0.3 is 0 Å². The van der Waals surface area contributed by atoms with Crippen molar-refractivity contribution in [2.45, 2.75) is 0 Å². The molecule has 0 fully saturated rings. The normalized spacial score (nSPS) is 13.5. The monoisotopic (exact) mass is 265 g/mol. The Morgan fingerprint density at radius 2 is 1.40 bits per heavy atom. The van der Waals surface area contributed by atoms with Crippen molar-refractivity contribution in [3.8, 4) is 0 Å². The molecule has 20 heavy (non-hydrogen) atoms. The molecule has 0 bridgehead atoms. The molecule has 1 heterocycles. The average molecular weight is 265 g/mol. The standard InChI is InChI=1S/C15H11N3O2/c16-12-8-4-3-7-11(12)13(17)18-14(19)9-5-1-2-6-10(9)15(18)20/h1-8,17H,16H2. The number of nitrogens with one attached hydrogen (secondary N) is 1. The van der Waals surface area contributed by atoms with Crippen molar-refractivity contribution >= 4 is 23.3 Å². The second-order valence-corrected chi connectivity index (χ2v) is 4.43. The first-order chi connectivity index (χ1) is 9.61. The fourth-order valence-electron chi connectivity index (χ4n) is 2.23. The summed E-state index contributed by atoms with van der Waals surface area (Å²) in [5.41, 5.74) is 7.15. The Balaban J connectivity index is 2.06. The quantitative estimate of drug-likeness (QED) is 0.357. The van der Waals surface area contributed by atoms with Gasteiger partial charge < -0.3 is 5.73 Å². The van der Waals surface area contributed by atoms with Gasteiger partial charge in [-0.1, -0.05) is 24.3 Å². The summed E-state index contributed by atoms with van der Waals surface area (Å²) < 4.78 is 0. The van der Waals surface area contributed by atoms with Gasteiger partial charge in [-0.3, -0.25) is 15.0 Å². The lowest BCUT2D eigenvalue weighted by Gasteiger charge is -2.16. The molecule has 0 aromatic heterocycles. The second-order valence-electron chi connectivity index (χ2n) is 4.43. The zero-order chi connectivity index (χ0) is 14.3. The molecule has 1 aliphatic rings. The summed E-state index contributed by atoms with van der Waals surface area (Å²) >= 11 is 0. The first-order valence-corrected chi connectivity index (χ1v) is 6.02. The minimum Gasteiger partial charge on any atom is -0.398 e. The lowest BCUT2D eigenvalue weighted by atomic mass is 10.1. The van der Waals surface area contributed by atoms with Crippen molar-refractivity contribution < 1.29 is 9.59 Å². The van der Waals surface area contributed by atoms with Gasteiger partial charge in [0.15, 0.2) is 0 Å². The highest BCUT2D eigenvalue weighted by Gasteiger charge is 2.38. The second kappa shape index (κ2) is 4.31. The van der Waals surface area contributed by atoms with Gasteiger partial charge in [-0.2, -0.15) is 0 Å². The van der Waals surface area contributed by atoms with Gasteiger partial charge in [0.2, 0.25) is 0 Å². The number of benzene rings is 2. The third-order valence-electron chi connectivity index (χ3n) is 3.23. The number of amidine groups is 1. The van der Waals surface area contributed by atoms with Crippen LogP contribution in [0.3, 0.4) is 0 Å². The molecule has 0 atom stereocenters. The van der Waals surface area contributed by atoms with Crippen molar-refractivity contribution in [2.24, 2.45) is 0 Å². The zero-order valence-corrected chi connectivity index (χ0v) is 10.5. The number of para-hydroxylation sites is 1. The molecule has 5 heteroatoms. The predicted molar refractivity (Wildman–Crippen MR) is 74.6 cm³/mol. The van der Waals surface area contributed by atoms with Crippen LogP contribution in [-0.4, -0.2) is 22.5 Å². The van der Waals surface area contributed by atoms with Gasteiger partial charge in [-0.25, -0.2) is 4.90 Å². The van der Waals surface area contributed by atoms with E-state index in [4.69, 9.17) is 11.1 Å². The minimum atomic E-state index is -0.487. The number of nitrogen functional groups attached to an aromatic ring is 1. The molecule has 1 aliphatic heterocycles. The highest BCUT2D eigenvalue weighted by molar-refractivity contribution is 6.32. The van der Waals surface area contributed by atoms with Crippen molar-refractivity contribution in [1.82, 2.24) is 4.90 Å². The smallest absolute Gasteiger partial charge is 0.267 e. The molecule has 0 unspecified atom stereocenters. The molecule has 0 saturated carbocycles. The largest absolute Gasteiger partial charge is 0.398 e. The van der Waals surface area contributed by atoms with E-state index in [0.717, 1.165) is 4.90 Å². The van der Waals surface area contributed by atoms with Crippen molar-refractivity contribution in [3.63, 3.8) is 0 Å². The Hall–Kier alpha value is -2.95. The summed E-state index contributed by atoms with van der Waals surface area (Å²) in [5, 5.41) is 8.11. The third kappa shape index (κ3) is 1.60. The van der Waals surface area contributed by atoms with Crippen LogP contribution in [0.2, 0.25) is 0 Å². The lowest BCUT2D eigenvalue weighted by molar-refractivity contribution is 0.0748. The first kappa shape index (κ1) is 12.1. The number of fused-ring (bicyclic) bond motifs is 1. The summed E-state index contributed by atoms with van der Waals surface area (Å²) in [6.07, 6.45) is 0. The van der Waals surface area contributed by atoms with Gasteiger partial charge in [-0.05, 0) is 24.3 Å². The van der Waals surface area contributed by atoms with E-state index in [1.165, 1.54) is 0 Å². The highest BCUT2D eigenvalue weighted by Crippen LogP contribution is 2.25. The Morgan fingerprint density at radius 3 is 1.95 bits per heavy atom. The van der Waals surface area contributed by atoms with Gasteiger partial charge in [0, 0.05) is 11.3 Å². The van der Waals surface area contributed by atoms with Crippen molar-refractivity contribution in [2.75, 3.05) is 5.73 Å². The maximum atomic E-state index is 12.3. The molecule has 0 aliphatic carbocycles. The van der Waals surface area contributed by atoms with E-state index in [-0.39, 0.29) is 5.84 Å². The molecular formula is C15H11N3O2. The summed E-state index contributed by atoms with van der Waals surface area (Å²) in [5.74, 6) is -1.17. The molecule has 3 rings (SSSR count). The van der Waals surface area contributed by atoms with Crippen LogP contribution in [0.1, 0.15) is 26.3 Å². The van der Waals surface area contributed by atoms with Crippen LogP contribution in [0.25, 0.3) is 0 Å². The van der Waals surface area contributed by atoms with Gasteiger partial charge in [-0.15, -0.1) is 0 Å². The minimum absolute atomic E-state index is 0.200. The SMILES string of the molecule is N=C(c1ccccc1N)N1C(=O)c2ccccc2C1=O. The van der Waals surface area contributed by atoms with Gasteiger partial charge in [0.25, 0.3) is 11.8 Å². The van der Waals surface area contributed by atoms with Crippen molar-refractivity contribution in [1.29, 1.82) is 5.41 Å². The van der Waals surface area contributed by atoms with Crippen LogP contribution >= 0.6 is 0 Å². The molecule has 0 saturated heterocycles. The Morgan fingerprint density at radius 1 is 0.900 bits per heavy atom. The molecule has 0 radical (unpaired) electrons. The maximum Gasteiger partial charge on any atom is 0.267 e. The number of anilines is 1. The Bertz CT molecular complexity index is 717. The summed E-state index contributed by atoms with van der Waals surface area (Å²) in [6, 6.07) is 13.2. The molecule has 98 valence electrons. The number of carbonyl (C=O) groups excluding carboxylic acids is 2. The van der Waals surface area contributed by atoms with E-state index in [0.29, 0.717) is 22.4 Å². The van der Waals surface area contributed by atoms with Crippen LogP contribution in [0.15, 0.2) is 48.5 Å². The van der Waals surface area contributed by atoms with Crippen LogP contribution in [0.4, 0.5) is 5.69 Å². The van der Waals surface area contributed by atoms with Gasteiger partial charge in [0.1, 0.15) is 5.84 Å². The van der Waals surface area contributed by atoms with E-state index >= 15 is 0 Å². The Kier molecular flexibility index (Phi) is 2.61. The maximum absolute atomic E-state index is 12.3. The fraction of sp³-hybridized carbons (Fsp3) is 0. The molecule has 0 spiro atoms. The van der Waals surface area contributed by atoms with E-state index in [2.05, 4.69) is 0 Å². The summed E-state index contributed by atoms with van der Waals surface area (Å²) in [7, 11) is 0. The van der Waals surface area contributed by atoms with Crippen LogP contribution in [0, 0.1) is 5.41 Å². The van der Waals surface area contributed by atoms with Gasteiger partial charge in [0.05, 0.1) is 11.1 Å². The van der Waals surface area contributed by atoms with E-state index in [9.17, 15) is 9.59 Å². The number of nitrogens with zero attached hydrogens (tertiary/aromatic N) is 1. The zero-order valence-electron chi connectivity index (χ0n) is 10.5. The molecule has 2 amide bonds. The number of rotatable bonds is 1. The van der Waals surface area contributed by atoms with Crippen LogP contribution in [0.5, 0.6) is 0 Å². The first-order valence-electron chi connectivity index (χ1n) is 6.02. The average Bonchev–Trinajstić information content (AvgIpc) is 2.71. The van der Waals surface area contributed by atoms with E-state index < -0.39 is 11.8 Å². The molecule has 3 N–H and O–H groups in total. The van der Waals surface area contributed by atoms with Crippen LogP contribution in [-0.2, 0) is 0 Å². The van der Waals surface area contributed by atoms with Crippen molar-refractivity contribution in [3.05, 3.63) is 65.2 Å². The number of hydrogen-bond acceptors (Lipinski definition) is 4. The topological polar surface area (TPSA) is 87.2 Å². The number of amides is 2. The number of carbonyl (C=O) groups is 2. The summed E-state index contributed by atoms with van der Waals surface area (Å²) in [6.45, 7) is 0. The lowest BCUT2D eigenvalue weighted by Crippen LogP contribution is -2.36. The molecule has 5 nitrogen and oxygen atoms in total. The number of imide groups is 1. The van der Waals surface area contributed by atoms with Crippen LogP contribution < -0.4 is 5.73 Å². The number of nitrogens with two attached hydrogens (primary N) is 1. The van der Waals surface area contributed by atoms with E-state index in [1.807, 2.05) is 0 Å².